The topological polar surface area (TPSA) is 72.7 Å². The van der Waals surface area contributed by atoms with Crippen molar-refractivity contribution in [3.8, 4) is 0 Å². The predicted octanol–water partition coefficient (Wildman–Crippen LogP) is 4.47. The highest BCUT2D eigenvalue weighted by molar-refractivity contribution is 5.83. The zero-order valence-corrected chi connectivity index (χ0v) is 17.6. The Morgan fingerprint density at radius 3 is 2.29 bits per heavy atom. The van der Waals surface area contributed by atoms with Gasteiger partial charge in [-0.25, -0.2) is 4.68 Å². The Labute approximate surface area is 169 Å². The van der Waals surface area contributed by atoms with E-state index >= 15 is 0 Å². The Balaban J connectivity index is 1.98. The number of carbonyl (C=O) groups excluding carboxylic acids is 1. The van der Waals surface area contributed by atoms with Crippen molar-refractivity contribution in [1.29, 1.82) is 0 Å². The maximum absolute atomic E-state index is 12.9. The molecule has 6 nitrogen and oxygen atoms in total. The number of hydrogen-bond acceptors (Lipinski definition) is 4. The normalized spacial score (nSPS) is 12.3. The standard InChI is InChI=1S/C22H35N5O/c1-4-5-6-7-8-9-10-14-17-20-24-25-26-27(20)21(22(28)23-18(2)3)19-15-12-11-13-16-19/h11-13,15-16,18,21H,4-10,14,17H2,1-3H3,(H,23,28). The molecule has 0 saturated carbocycles. The highest BCUT2D eigenvalue weighted by Crippen LogP contribution is 2.20. The first-order valence-corrected chi connectivity index (χ1v) is 10.8. The molecule has 0 aliphatic rings. The third-order valence-corrected chi connectivity index (χ3v) is 4.85. The Morgan fingerprint density at radius 2 is 1.64 bits per heavy atom. The largest absolute Gasteiger partial charge is 0.352 e. The quantitative estimate of drug-likeness (QED) is 0.516. The van der Waals surface area contributed by atoms with Crippen LogP contribution in [-0.4, -0.2) is 32.2 Å². The van der Waals surface area contributed by atoms with E-state index in [0.29, 0.717) is 0 Å². The van der Waals surface area contributed by atoms with Gasteiger partial charge in [-0.15, -0.1) is 5.10 Å². The summed E-state index contributed by atoms with van der Waals surface area (Å²) < 4.78 is 1.69. The van der Waals surface area contributed by atoms with Crippen molar-refractivity contribution in [2.45, 2.75) is 90.6 Å². The summed E-state index contributed by atoms with van der Waals surface area (Å²) in [6, 6.07) is 9.25. The third-order valence-electron chi connectivity index (χ3n) is 4.85. The van der Waals surface area contributed by atoms with Gasteiger partial charge in [0, 0.05) is 12.5 Å². The molecule has 2 aromatic rings. The zero-order chi connectivity index (χ0) is 20.2. The fourth-order valence-corrected chi connectivity index (χ4v) is 3.40. The fraction of sp³-hybridized carbons (Fsp3) is 0.636. The molecule has 1 aromatic heterocycles. The highest BCUT2D eigenvalue weighted by Gasteiger charge is 2.26. The molecule has 0 spiro atoms. The van der Waals surface area contributed by atoms with Gasteiger partial charge in [0.1, 0.15) is 0 Å². The fourth-order valence-electron chi connectivity index (χ4n) is 3.40. The lowest BCUT2D eigenvalue weighted by Gasteiger charge is -2.20. The van der Waals surface area contributed by atoms with Crippen LogP contribution in [0.2, 0.25) is 0 Å². The Hall–Kier alpha value is -2.24. The first kappa shape index (κ1) is 22.1. The summed E-state index contributed by atoms with van der Waals surface area (Å²) in [7, 11) is 0. The number of nitrogens with one attached hydrogen (secondary N) is 1. The molecule has 28 heavy (non-hydrogen) atoms. The maximum Gasteiger partial charge on any atom is 0.249 e. The van der Waals surface area contributed by atoms with Crippen LogP contribution in [0.15, 0.2) is 30.3 Å². The smallest absolute Gasteiger partial charge is 0.249 e. The Kier molecular flexibility index (Phi) is 9.66. The van der Waals surface area contributed by atoms with E-state index < -0.39 is 6.04 Å². The van der Waals surface area contributed by atoms with Gasteiger partial charge in [-0.2, -0.15) is 0 Å². The van der Waals surface area contributed by atoms with Crippen LogP contribution in [-0.2, 0) is 11.2 Å². The number of tetrazole rings is 1. The first-order valence-electron chi connectivity index (χ1n) is 10.8. The number of aromatic nitrogens is 4. The molecule has 1 heterocycles. The average molecular weight is 386 g/mol. The van der Waals surface area contributed by atoms with Crippen LogP contribution < -0.4 is 5.32 Å². The highest BCUT2D eigenvalue weighted by atomic mass is 16.2. The van der Waals surface area contributed by atoms with E-state index in [-0.39, 0.29) is 11.9 Å². The van der Waals surface area contributed by atoms with Gasteiger partial charge < -0.3 is 5.32 Å². The van der Waals surface area contributed by atoms with Crippen molar-refractivity contribution in [3.63, 3.8) is 0 Å². The van der Waals surface area contributed by atoms with Crippen LogP contribution in [0.5, 0.6) is 0 Å². The minimum Gasteiger partial charge on any atom is -0.352 e. The van der Waals surface area contributed by atoms with Gasteiger partial charge in [-0.05, 0) is 36.3 Å². The number of aryl methyl sites for hydroxylation is 1. The van der Waals surface area contributed by atoms with Gasteiger partial charge in [-0.1, -0.05) is 82.2 Å². The average Bonchev–Trinajstić information content (AvgIpc) is 3.12. The van der Waals surface area contributed by atoms with Crippen LogP contribution in [0.25, 0.3) is 0 Å². The summed E-state index contributed by atoms with van der Waals surface area (Å²) in [4.78, 5) is 12.9. The molecule has 154 valence electrons. The molecule has 1 amide bonds. The first-order chi connectivity index (χ1) is 13.6. The van der Waals surface area contributed by atoms with Crippen molar-refractivity contribution in [1.82, 2.24) is 25.5 Å². The van der Waals surface area contributed by atoms with Crippen LogP contribution in [0.3, 0.4) is 0 Å². The molecule has 6 heteroatoms. The van der Waals surface area contributed by atoms with Crippen molar-refractivity contribution >= 4 is 5.91 Å². The van der Waals surface area contributed by atoms with E-state index in [0.717, 1.165) is 24.2 Å². The molecular weight excluding hydrogens is 350 g/mol. The van der Waals surface area contributed by atoms with E-state index in [1.807, 2.05) is 44.2 Å². The lowest BCUT2D eigenvalue weighted by Crippen LogP contribution is -2.38. The van der Waals surface area contributed by atoms with Gasteiger partial charge in [-0.3, -0.25) is 4.79 Å². The molecule has 1 atom stereocenters. The predicted molar refractivity (Wildman–Crippen MR) is 112 cm³/mol. The van der Waals surface area contributed by atoms with E-state index in [1.54, 1.807) is 4.68 Å². The Morgan fingerprint density at radius 1 is 1.00 bits per heavy atom. The molecule has 2 rings (SSSR count). The van der Waals surface area contributed by atoms with Gasteiger partial charge in [0.25, 0.3) is 0 Å². The third kappa shape index (κ3) is 7.06. The summed E-state index contributed by atoms with van der Waals surface area (Å²) in [6.45, 7) is 6.16. The van der Waals surface area contributed by atoms with Crippen molar-refractivity contribution in [2.24, 2.45) is 0 Å². The number of amides is 1. The summed E-state index contributed by atoms with van der Waals surface area (Å²) in [5.74, 6) is 0.699. The SMILES string of the molecule is CCCCCCCCCCc1nnnn1C(C(=O)NC(C)C)c1ccccc1. The number of rotatable bonds is 13. The second-order valence-electron chi connectivity index (χ2n) is 7.74. The number of nitrogens with zero attached hydrogens (tertiary/aromatic N) is 4. The number of benzene rings is 1. The monoisotopic (exact) mass is 385 g/mol. The molecular formula is C22H35N5O. The summed E-state index contributed by atoms with van der Waals surface area (Å²) in [5, 5.41) is 15.2. The lowest BCUT2D eigenvalue weighted by atomic mass is 10.0. The van der Waals surface area contributed by atoms with E-state index in [4.69, 9.17) is 0 Å². The van der Waals surface area contributed by atoms with Crippen LogP contribution in [0.4, 0.5) is 0 Å². The van der Waals surface area contributed by atoms with Crippen molar-refractivity contribution < 1.29 is 4.79 Å². The molecule has 0 aliphatic carbocycles. The van der Waals surface area contributed by atoms with E-state index in [1.165, 1.54) is 44.9 Å². The summed E-state index contributed by atoms with van der Waals surface area (Å²) in [6.07, 6.45) is 10.9. The van der Waals surface area contributed by atoms with Gasteiger partial charge in [0.2, 0.25) is 5.91 Å². The second-order valence-corrected chi connectivity index (χ2v) is 7.74. The van der Waals surface area contributed by atoms with Gasteiger partial charge in [0.15, 0.2) is 11.9 Å². The minimum atomic E-state index is -0.539. The second kappa shape index (κ2) is 12.3. The van der Waals surface area contributed by atoms with Gasteiger partial charge in [0.05, 0.1) is 0 Å². The Bertz CT molecular complexity index is 683. The van der Waals surface area contributed by atoms with Gasteiger partial charge >= 0.3 is 0 Å². The van der Waals surface area contributed by atoms with Crippen LogP contribution in [0.1, 0.15) is 89.6 Å². The molecule has 1 aromatic carbocycles. The molecule has 0 aliphatic heterocycles. The van der Waals surface area contributed by atoms with Crippen LogP contribution >= 0.6 is 0 Å². The molecule has 1 N–H and O–H groups in total. The number of hydrogen-bond donors (Lipinski definition) is 1. The molecule has 0 fully saturated rings. The number of carbonyl (C=O) groups is 1. The molecule has 0 saturated heterocycles. The molecule has 0 bridgehead atoms. The van der Waals surface area contributed by atoms with Crippen LogP contribution in [0, 0.1) is 0 Å². The molecule has 0 radical (unpaired) electrons. The van der Waals surface area contributed by atoms with E-state index in [2.05, 4.69) is 27.8 Å². The summed E-state index contributed by atoms with van der Waals surface area (Å²) in [5.41, 5.74) is 0.894. The minimum absolute atomic E-state index is 0.0614. The summed E-state index contributed by atoms with van der Waals surface area (Å²) >= 11 is 0. The lowest BCUT2D eigenvalue weighted by molar-refractivity contribution is -0.124. The zero-order valence-electron chi connectivity index (χ0n) is 17.6. The number of unbranched alkanes of at least 4 members (excludes halogenated alkanes) is 7. The van der Waals surface area contributed by atoms with Crippen molar-refractivity contribution in [2.75, 3.05) is 0 Å². The van der Waals surface area contributed by atoms with Crippen molar-refractivity contribution in [3.05, 3.63) is 41.7 Å². The molecule has 1 unspecified atom stereocenters. The maximum atomic E-state index is 12.9. The van der Waals surface area contributed by atoms with E-state index in [9.17, 15) is 4.79 Å².